The quantitative estimate of drug-likeness (QED) is 0.0462. The van der Waals surface area contributed by atoms with Gasteiger partial charge in [-0.15, -0.1) is 0 Å². The number of piperazine rings is 1. The van der Waals surface area contributed by atoms with Gasteiger partial charge < -0.3 is 20.9 Å². The van der Waals surface area contributed by atoms with Gasteiger partial charge >= 0.3 is 5.00 Å². The average molecular weight is 851 g/mol. The number of carbonyl (C=O) groups is 4. The smallest absolute Gasteiger partial charge is 0.348 e. The average Bonchev–Trinajstić information content (AvgIpc) is 3.90. The van der Waals surface area contributed by atoms with E-state index in [1.54, 1.807) is 42.1 Å². The Morgan fingerprint density at radius 2 is 1.69 bits per heavy atom. The van der Waals surface area contributed by atoms with Gasteiger partial charge in [0.15, 0.2) is 10.9 Å². The van der Waals surface area contributed by atoms with Gasteiger partial charge in [-0.1, -0.05) is 25.0 Å². The van der Waals surface area contributed by atoms with Crippen molar-refractivity contribution in [1.29, 1.82) is 0 Å². The van der Waals surface area contributed by atoms with Gasteiger partial charge in [0.2, 0.25) is 17.8 Å². The third-order valence-electron chi connectivity index (χ3n) is 10.8. The molecule has 7 rings (SSSR count). The zero-order valence-electron chi connectivity index (χ0n) is 34.0. The SMILES string of the molecule is CC(=O)c1c(C)c2cnc(Nc3ccc(N4CCN(CC(=O)NCCCC(=O)Nc5ccccc5C(=O)Nc5nc(C)c([N+](=O)[O-])s5)CC4)cn3)nc2n(C2CCCC2)c1=O. The Balaban J connectivity index is 0.846. The van der Waals surface area contributed by atoms with E-state index in [1.807, 2.05) is 12.1 Å². The molecule has 1 aliphatic heterocycles. The molecule has 318 valence electrons. The van der Waals surface area contributed by atoms with E-state index in [9.17, 15) is 34.1 Å². The Labute approximate surface area is 354 Å². The number of nitro groups is 1. The van der Waals surface area contributed by atoms with Crippen LogP contribution in [0.3, 0.4) is 0 Å². The standard InChI is InChI=1S/C41H46N12O7S/c1-24-30-22-44-40(48-36(30)52(27-9-4-5-10-27)38(58)35(24)26(3)54)47-32-15-14-28(21-43-32)51-19-17-50(18-20-51)23-34(56)42-16-8-13-33(55)46-31-12-7-6-11-29(31)37(57)49-41-45-25(2)39(61-41)53(59)60/h6-7,11-12,14-15,21-22,27H,4-5,8-10,13,16-20,23H2,1-3H3,(H,42,56)(H,46,55)(H,45,49,57)(H,43,44,47,48). The van der Waals surface area contributed by atoms with Crippen LogP contribution in [0.4, 0.5) is 33.3 Å². The van der Waals surface area contributed by atoms with Gasteiger partial charge in [0.25, 0.3) is 11.5 Å². The van der Waals surface area contributed by atoms with Crippen molar-refractivity contribution in [3.8, 4) is 0 Å². The van der Waals surface area contributed by atoms with Crippen molar-refractivity contribution in [2.75, 3.05) is 60.1 Å². The fourth-order valence-electron chi connectivity index (χ4n) is 7.75. The second-order valence-electron chi connectivity index (χ2n) is 15.1. The second-order valence-corrected chi connectivity index (χ2v) is 16.0. The lowest BCUT2D eigenvalue weighted by Gasteiger charge is -2.35. The van der Waals surface area contributed by atoms with Crippen molar-refractivity contribution in [2.24, 2.45) is 0 Å². The van der Waals surface area contributed by atoms with E-state index in [-0.39, 0.29) is 74.8 Å². The second kappa shape index (κ2) is 18.7. The molecule has 19 nitrogen and oxygen atoms in total. The predicted octanol–water partition coefficient (Wildman–Crippen LogP) is 5.14. The number of aromatic nitrogens is 5. The van der Waals surface area contributed by atoms with Crippen molar-refractivity contribution in [3.05, 3.63) is 91.6 Å². The van der Waals surface area contributed by atoms with Gasteiger partial charge in [0, 0.05) is 56.8 Å². The molecule has 0 unspecified atom stereocenters. The number of fused-ring (bicyclic) bond motifs is 1. The first-order valence-corrected chi connectivity index (χ1v) is 20.9. The zero-order valence-corrected chi connectivity index (χ0v) is 34.8. The number of anilines is 5. The molecule has 5 aromatic rings. The number of Topliss-reactive ketones (excluding diaryl/α,β-unsaturated/α-hetero) is 1. The molecule has 61 heavy (non-hydrogen) atoms. The minimum atomic E-state index is -0.570. The summed E-state index contributed by atoms with van der Waals surface area (Å²) < 4.78 is 1.68. The number of benzene rings is 1. The van der Waals surface area contributed by atoms with Crippen molar-refractivity contribution in [3.63, 3.8) is 0 Å². The summed E-state index contributed by atoms with van der Waals surface area (Å²) in [4.78, 5) is 97.1. The van der Waals surface area contributed by atoms with E-state index in [0.717, 1.165) is 42.7 Å². The topological polar surface area (TPSA) is 240 Å². The molecule has 1 saturated heterocycles. The highest BCUT2D eigenvalue weighted by Crippen LogP contribution is 2.33. The zero-order chi connectivity index (χ0) is 43.2. The highest BCUT2D eigenvalue weighted by atomic mass is 32.1. The molecule has 0 radical (unpaired) electrons. The van der Waals surface area contributed by atoms with E-state index in [2.05, 4.69) is 46.0 Å². The monoisotopic (exact) mass is 850 g/mol. The molecular formula is C41H46N12O7S. The number of hydrogen-bond donors (Lipinski definition) is 4. The van der Waals surface area contributed by atoms with E-state index >= 15 is 0 Å². The predicted molar refractivity (Wildman–Crippen MR) is 231 cm³/mol. The summed E-state index contributed by atoms with van der Waals surface area (Å²) in [5.74, 6) is -0.478. The van der Waals surface area contributed by atoms with Crippen LogP contribution in [0.2, 0.25) is 0 Å². The highest BCUT2D eigenvalue weighted by Gasteiger charge is 2.27. The molecule has 4 aromatic heterocycles. The Bertz CT molecular complexity index is 2550. The van der Waals surface area contributed by atoms with Gasteiger partial charge in [0.05, 0.1) is 40.2 Å². The summed E-state index contributed by atoms with van der Waals surface area (Å²) in [5.41, 5.74) is 2.56. The van der Waals surface area contributed by atoms with Gasteiger partial charge in [-0.25, -0.2) is 15.0 Å². The summed E-state index contributed by atoms with van der Waals surface area (Å²) in [5, 5.41) is 23.1. The first-order chi connectivity index (χ1) is 29.4. The molecule has 0 atom stereocenters. The van der Waals surface area contributed by atoms with Crippen molar-refractivity contribution >= 4 is 79.1 Å². The maximum absolute atomic E-state index is 13.5. The van der Waals surface area contributed by atoms with Gasteiger partial charge in [-0.2, -0.15) is 4.98 Å². The minimum Gasteiger partial charge on any atom is -0.368 e. The fourth-order valence-corrected chi connectivity index (χ4v) is 8.53. The number of pyridine rings is 2. The first kappa shape index (κ1) is 42.5. The van der Waals surface area contributed by atoms with Crippen LogP contribution in [0.5, 0.6) is 0 Å². The van der Waals surface area contributed by atoms with E-state index < -0.39 is 10.8 Å². The molecule has 3 amide bonds. The van der Waals surface area contributed by atoms with Crippen LogP contribution in [0.1, 0.15) is 83.5 Å². The summed E-state index contributed by atoms with van der Waals surface area (Å²) in [6.45, 7) is 7.91. The van der Waals surface area contributed by atoms with Gasteiger partial charge in [-0.05, 0) is 81.2 Å². The number of thiazole rings is 1. The number of aryl methyl sites for hydroxylation is 2. The number of nitrogens with one attached hydrogen (secondary N) is 4. The summed E-state index contributed by atoms with van der Waals surface area (Å²) >= 11 is 0.752. The van der Waals surface area contributed by atoms with E-state index in [4.69, 9.17) is 4.98 Å². The van der Waals surface area contributed by atoms with Crippen molar-refractivity contribution < 1.29 is 24.1 Å². The number of ketones is 1. The van der Waals surface area contributed by atoms with Gasteiger partial charge in [0.1, 0.15) is 17.2 Å². The molecule has 0 bridgehead atoms. The minimum absolute atomic E-state index is 0.0192. The van der Waals surface area contributed by atoms with Crippen molar-refractivity contribution in [1.82, 2.24) is 34.7 Å². The lowest BCUT2D eigenvalue weighted by Crippen LogP contribution is -2.49. The largest absolute Gasteiger partial charge is 0.368 e. The first-order valence-electron chi connectivity index (χ1n) is 20.1. The molecule has 20 heteroatoms. The molecule has 5 heterocycles. The van der Waals surface area contributed by atoms with Crippen LogP contribution in [-0.4, -0.2) is 97.1 Å². The molecule has 1 aliphatic carbocycles. The number of carbonyl (C=O) groups excluding carboxylic acids is 4. The highest BCUT2D eigenvalue weighted by molar-refractivity contribution is 7.19. The van der Waals surface area contributed by atoms with Crippen LogP contribution >= 0.6 is 11.3 Å². The van der Waals surface area contributed by atoms with E-state index in [1.165, 1.54) is 19.9 Å². The third kappa shape index (κ3) is 9.87. The summed E-state index contributed by atoms with van der Waals surface area (Å²) in [6, 6.07) is 10.2. The van der Waals surface area contributed by atoms with Crippen LogP contribution < -0.4 is 31.7 Å². The van der Waals surface area contributed by atoms with Crippen molar-refractivity contribution in [2.45, 2.75) is 65.3 Å². The Hall–Kier alpha value is -6.67. The summed E-state index contributed by atoms with van der Waals surface area (Å²) in [7, 11) is 0. The molecule has 1 saturated carbocycles. The molecule has 1 aromatic carbocycles. The maximum atomic E-state index is 13.5. The number of hydrogen-bond acceptors (Lipinski definition) is 15. The van der Waals surface area contributed by atoms with E-state index in [0.29, 0.717) is 67.5 Å². The Morgan fingerprint density at radius 3 is 2.38 bits per heavy atom. The number of para-hydroxylation sites is 1. The molecule has 2 fully saturated rings. The lowest BCUT2D eigenvalue weighted by molar-refractivity contribution is -0.380. The van der Waals surface area contributed by atoms with Crippen LogP contribution in [0, 0.1) is 24.0 Å². The Morgan fingerprint density at radius 1 is 0.934 bits per heavy atom. The maximum Gasteiger partial charge on any atom is 0.348 e. The normalized spacial score (nSPS) is 14.5. The molecule has 2 aliphatic rings. The molecular weight excluding hydrogens is 805 g/mol. The number of rotatable bonds is 15. The number of amides is 3. The molecule has 4 N–H and O–H groups in total. The van der Waals surface area contributed by atoms with Gasteiger partial charge in [-0.3, -0.25) is 48.9 Å². The fraction of sp³-hybridized carbons (Fsp3) is 0.390. The van der Waals surface area contributed by atoms with Crippen LogP contribution in [-0.2, 0) is 9.59 Å². The number of nitrogens with zero attached hydrogens (tertiary/aromatic N) is 8. The van der Waals surface area contributed by atoms with Crippen LogP contribution in [0.15, 0.2) is 53.6 Å². The Kier molecular flexibility index (Phi) is 13.0. The third-order valence-corrected chi connectivity index (χ3v) is 11.9. The lowest BCUT2D eigenvalue weighted by atomic mass is 10.0. The van der Waals surface area contributed by atoms with Crippen LogP contribution in [0.25, 0.3) is 11.0 Å². The summed E-state index contributed by atoms with van der Waals surface area (Å²) in [6.07, 6.45) is 7.67. The molecule has 0 spiro atoms.